The molecule has 1 saturated heterocycles. The van der Waals surface area contributed by atoms with Crippen LogP contribution in [0.3, 0.4) is 0 Å². The van der Waals surface area contributed by atoms with Gasteiger partial charge in [0.15, 0.2) is 0 Å². The van der Waals surface area contributed by atoms with Crippen LogP contribution in [0.4, 0.5) is 0 Å². The van der Waals surface area contributed by atoms with Crippen LogP contribution in [-0.2, 0) is 17.6 Å². The fraction of sp³-hybridized carbons (Fsp3) is 0.611. The largest absolute Gasteiger partial charge is 0.342 e. The maximum Gasteiger partial charge on any atom is 0.232 e. The Bertz CT molecular complexity index is 752. The molecule has 2 aromatic rings. The first-order chi connectivity index (χ1) is 11.7. The number of aromatic nitrogens is 2. The summed E-state index contributed by atoms with van der Waals surface area (Å²) in [4.78, 5) is 26.0. The Labute approximate surface area is 151 Å². The fourth-order valence-corrected chi connectivity index (χ4v) is 6.06. The minimum atomic E-state index is 0.254. The second-order valence-electron chi connectivity index (χ2n) is 6.94. The molecule has 1 fully saturated rings. The van der Waals surface area contributed by atoms with Crippen molar-refractivity contribution in [2.75, 3.05) is 18.8 Å². The molecule has 1 aliphatic carbocycles. The molecule has 0 spiro atoms. The maximum atomic E-state index is 12.4. The summed E-state index contributed by atoms with van der Waals surface area (Å²) in [5, 5.41) is 2.22. The number of carbonyl (C=O) groups excluding carboxylic acids is 1. The summed E-state index contributed by atoms with van der Waals surface area (Å²) in [6.45, 7) is 4.17. The molecule has 0 aromatic carbocycles. The van der Waals surface area contributed by atoms with E-state index in [0.29, 0.717) is 5.75 Å². The molecule has 0 bridgehead atoms. The topological polar surface area (TPSA) is 46.1 Å². The SMILES string of the molecule is C[C@H]1CCc2c(sc3ncnc(SCC(=O)N4CCCCC4)c23)C1. The van der Waals surface area contributed by atoms with Crippen LogP contribution >= 0.6 is 23.1 Å². The van der Waals surface area contributed by atoms with Gasteiger partial charge in [-0.05, 0) is 50.0 Å². The minimum Gasteiger partial charge on any atom is -0.342 e. The molecule has 1 aliphatic heterocycles. The molecule has 128 valence electrons. The molecule has 6 heteroatoms. The average molecular weight is 362 g/mol. The molecule has 1 atom stereocenters. The van der Waals surface area contributed by atoms with Crippen molar-refractivity contribution in [3.63, 3.8) is 0 Å². The summed E-state index contributed by atoms with van der Waals surface area (Å²) in [6.07, 6.45) is 8.72. The molecule has 0 N–H and O–H groups in total. The van der Waals surface area contributed by atoms with Gasteiger partial charge in [0, 0.05) is 23.4 Å². The third-order valence-corrected chi connectivity index (χ3v) is 7.23. The van der Waals surface area contributed by atoms with E-state index in [0.717, 1.165) is 54.5 Å². The van der Waals surface area contributed by atoms with Crippen LogP contribution in [0.15, 0.2) is 11.4 Å². The second-order valence-corrected chi connectivity index (χ2v) is 8.99. The Kier molecular flexibility index (Phi) is 4.77. The number of carbonyl (C=O) groups is 1. The van der Waals surface area contributed by atoms with Gasteiger partial charge >= 0.3 is 0 Å². The summed E-state index contributed by atoms with van der Waals surface area (Å²) >= 11 is 3.41. The zero-order chi connectivity index (χ0) is 16.5. The molecule has 4 nitrogen and oxygen atoms in total. The van der Waals surface area contributed by atoms with Crippen molar-refractivity contribution in [1.82, 2.24) is 14.9 Å². The van der Waals surface area contributed by atoms with E-state index < -0.39 is 0 Å². The van der Waals surface area contributed by atoms with E-state index in [4.69, 9.17) is 0 Å². The van der Waals surface area contributed by atoms with Crippen LogP contribution in [0.2, 0.25) is 0 Å². The summed E-state index contributed by atoms with van der Waals surface area (Å²) in [5.74, 6) is 1.51. The summed E-state index contributed by atoms with van der Waals surface area (Å²) in [6, 6.07) is 0. The monoisotopic (exact) mass is 361 g/mol. The number of amides is 1. The maximum absolute atomic E-state index is 12.4. The van der Waals surface area contributed by atoms with Crippen molar-refractivity contribution in [3.05, 3.63) is 16.8 Å². The molecule has 2 aliphatic rings. The summed E-state index contributed by atoms with van der Waals surface area (Å²) in [7, 11) is 0. The Balaban J connectivity index is 1.55. The quantitative estimate of drug-likeness (QED) is 0.614. The number of rotatable bonds is 3. The summed E-state index contributed by atoms with van der Waals surface area (Å²) in [5.41, 5.74) is 1.45. The number of fused-ring (bicyclic) bond motifs is 3. The number of thiophene rings is 1. The highest BCUT2D eigenvalue weighted by molar-refractivity contribution is 8.00. The van der Waals surface area contributed by atoms with Gasteiger partial charge in [-0.1, -0.05) is 18.7 Å². The van der Waals surface area contributed by atoms with E-state index in [9.17, 15) is 4.79 Å². The summed E-state index contributed by atoms with van der Waals surface area (Å²) < 4.78 is 0. The van der Waals surface area contributed by atoms with Gasteiger partial charge in [-0.25, -0.2) is 9.97 Å². The Morgan fingerprint density at radius 1 is 1.33 bits per heavy atom. The zero-order valence-electron chi connectivity index (χ0n) is 14.1. The number of nitrogens with zero attached hydrogens (tertiary/aromatic N) is 3. The first kappa shape index (κ1) is 16.3. The van der Waals surface area contributed by atoms with Crippen LogP contribution in [0.25, 0.3) is 10.2 Å². The first-order valence-electron chi connectivity index (χ1n) is 8.88. The highest BCUT2D eigenvalue weighted by Gasteiger charge is 2.24. The van der Waals surface area contributed by atoms with Gasteiger partial charge in [0.25, 0.3) is 0 Å². The van der Waals surface area contributed by atoms with Gasteiger partial charge in [0.1, 0.15) is 16.2 Å². The van der Waals surface area contributed by atoms with E-state index >= 15 is 0 Å². The fourth-order valence-electron chi connectivity index (χ4n) is 3.72. The molecule has 1 amide bonds. The van der Waals surface area contributed by atoms with Crippen molar-refractivity contribution >= 4 is 39.2 Å². The van der Waals surface area contributed by atoms with Crippen molar-refractivity contribution < 1.29 is 4.79 Å². The molecule has 0 unspecified atom stereocenters. The molecule has 4 rings (SSSR count). The first-order valence-corrected chi connectivity index (χ1v) is 10.7. The minimum absolute atomic E-state index is 0.254. The standard InChI is InChI=1S/C18H23N3OS2/c1-12-5-6-13-14(9-12)24-18-16(13)17(19-11-20-18)23-10-15(22)21-7-3-2-4-8-21/h11-12H,2-10H2,1H3/t12-/m0/s1. The second kappa shape index (κ2) is 7.00. The molecular weight excluding hydrogens is 338 g/mol. The Morgan fingerprint density at radius 2 is 2.17 bits per heavy atom. The van der Waals surface area contributed by atoms with E-state index in [1.54, 1.807) is 18.1 Å². The predicted octanol–water partition coefficient (Wildman–Crippen LogP) is 3.92. The average Bonchev–Trinajstić information content (AvgIpc) is 2.98. The third-order valence-electron chi connectivity index (χ3n) is 5.10. The number of hydrogen-bond donors (Lipinski definition) is 0. The molecule has 2 aromatic heterocycles. The van der Waals surface area contributed by atoms with Crippen LogP contribution in [0.5, 0.6) is 0 Å². The highest BCUT2D eigenvalue weighted by Crippen LogP contribution is 2.40. The number of aryl methyl sites for hydroxylation is 1. The van der Waals surface area contributed by atoms with Gasteiger partial charge in [0.05, 0.1) is 5.75 Å². The lowest BCUT2D eigenvalue weighted by molar-refractivity contribution is -0.129. The lowest BCUT2D eigenvalue weighted by atomic mass is 9.89. The van der Waals surface area contributed by atoms with Crippen LogP contribution in [0.1, 0.15) is 43.0 Å². The van der Waals surface area contributed by atoms with Gasteiger partial charge < -0.3 is 4.90 Å². The van der Waals surface area contributed by atoms with Crippen LogP contribution in [-0.4, -0.2) is 39.6 Å². The lowest BCUT2D eigenvalue weighted by Crippen LogP contribution is -2.36. The van der Waals surface area contributed by atoms with Crippen molar-refractivity contribution in [1.29, 1.82) is 0 Å². The van der Waals surface area contributed by atoms with Crippen molar-refractivity contribution in [2.24, 2.45) is 5.92 Å². The number of likely N-dealkylation sites (tertiary alicyclic amines) is 1. The third kappa shape index (κ3) is 3.18. The van der Waals surface area contributed by atoms with Crippen molar-refractivity contribution in [2.45, 2.75) is 50.5 Å². The van der Waals surface area contributed by atoms with E-state index in [1.807, 2.05) is 16.2 Å². The predicted molar refractivity (Wildman–Crippen MR) is 99.8 cm³/mol. The number of piperidine rings is 1. The molecule has 3 heterocycles. The Morgan fingerprint density at radius 3 is 3.00 bits per heavy atom. The van der Waals surface area contributed by atoms with E-state index in [2.05, 4.69) is 16.9 Å². The molecule has 0 saturated carbocycles. The van der Waals surface area contributed by atoms with Crippen LogP contribution in [0, 0.1) is 5.92 Å². The van der Waals surface area contributed by atoms with E-state index in [-0.39, 0.29) is 5.91 Å². The van der Waals surface area contributed by atoms with Gasteiger partial charge in [-0.3, -0.25) is 4.79 Å². The van der Waals surface area contributed by atoms with E-state index in [1.165, 1.54) is 28.7 Å². The normalized spacial score (nSPS) is 21.0. The van der Waals surface area contributed by atoms with Crippen LogP contribution < -0.4 is 0 Å². The molecular formula is C18H23N3OS2. The molecule has 0 radical (unpaired) electrons. The smallest absolute Gasteiger partial charge is 0.232 e. The Hall–Kier alpha value is -1.14. The number of hydrogen-bond acceptors (Lipinski definition) is 5. The van der Waals surface area contributed by atoms with Gasteiger partial charge in [0.2, 0.25) is 5.91 Å². The van der Waals surface area contributed by atoms with Gasteiger partial charge in [-0.2, -0.15) is 0 Å². The lowest BCUT2D eigenvalue weighted by Gasteiger charge is -2.26. The highest BCUT2D eigenvalue weighted by atomic mass is 32.2. The zero-order valence-corrected chi connectivity index (χ0v) is 15.7. The van der Waals surface area contributed by atoms with Gasteiger partial charge in [-0.15, -0.1) is 11.3 Å². The van der Waals surface area contributed by atoms with Crippen molar-refractivity contribution in [3.8, 4) is 0 Å². The molecule has 24 heavy (non-hydrogen) atoms. The number of thioether (sulfide) groups is 1.